The molecule has 1 aromatic carbocycles. The van der Waals surface area contributed by atoms with E-state index in [1.165, 1.54) is 6.07 Å². The van der Waals surface area contributed by atoms with Gasteiger partial charge >= 0.3 is 6.09 Å². The van der Waals surface area contributed by atoms with E-state index in [9.17, 15) is 20.0 Å². The second-order valence-electron chi connectivity index (χ2n) is 3.19. The first-order valence-corrected chi connectivity index (χ1v) is 5.44. The summed E-state index contributed by atoms with van der Waals surface area (Å²) in [6.45, 7) is 1.77. The van der Waals surface area contributed by atoms with E-state index < -0.39 is 22.5 Å². The lowest BCUT2D eigenvalue weighted by Crippen LogP contribution is -2.18. The fourth-order valence-electron chi connectivity index (χ4n) is 1.15. The largest absolute Gasteiger partial charge is 0.867 e. The highest BCUT2D eigenvalue weighted by Crippen LogP contribution is 2.29. The Morgan fingerprint density at radius 1 is 1.63 bits per heavy atom. The fraction of sp³-hybridized carbons (Fsp3) is 0.200. The van der Waals surface area contributed by atoms with Crippen LogP contribution in [0.3, 0.4) is 0 Å². The number of ether oxygens (including phenoxy) is 1. The quantitative estimate of drug-likeness (QED) is 0.510. The van der Waals surface area contributed by atoms with Crippen molar-refractivity contribution < 1.29 is 19.6 Å². The number of hydrogen-bond donors (Lipinski definition) is 1. The van der Waals surface area contributed by atoms with Gasteiger partial charge in [-0.25, -0.2) is 10.2 Å². The molecule has 0 radical (unpaired) electrons. The second kappa shape index (κ2) is 6.55. The van der Waals surface area contributed by atoms with Gasteiger partial charge in [-0.2, -0.15) is 5.10 Å². The summed E-state index contributed by atoms with van der Waals surface area (Å²) < 4.78 is 4.52. The Morgan fingerprint density at radius 2 is 2.32 bits per heavy atom. The first-order chi connectivity index (χ1) is 8.95. The molecule has 0 saturated heterocycles. The van der Waals surface area contributed by atoms with Crippen LogP contribution in [0.2, 0.25) is 5.02 Å². The van der Waals surface area contributed by atoms with Gasteiger partial charge in [0.2, 0.25) is 0 Å². The van der Waals surface area contributed by atoms with Crippen LogP contribution in [0.1, 0.15) is 12.5 Å². The number of benzene rings is 1. The topological polar surface area (TPSA) is 117 Å². The molecule has 1 amide bonds. The van der Waals surface area contributed by atoms with Gasteiger partial charge in [-0.1, -0.05) is 11.6 Å². The molecule has 19 heavy (non-hydrogen) atoms. The Bertz CT molecular complexity index is 532. The summed E-state index contributed by atoms with van der Waals surface area (Å²) in [5.74, 6) is -0.844. The van der Waals surface area contributed by atoms with Crippen molar-refractivity contribution in [2.24, 2.45) is 5.10 Å². The molecule has 0 aliphatic rings. The first kappa shape index (κ1) is 14.7. The van der Waals surface area contributed by atoms with E-state index in [0.29, 0.717) is 0 Å². The third-order valence-electron chi connectivity index (χ3n) is 1.89. The normalized spacial score (nSPS) is 10.4. The van der Waals surface area contributed by atoms with Crippen LogP contribution in [0.5, 0.6) is 5.75 Å². The molecule has 0 heterocycles. The molecule has 0 spiro atoms. The monoisotopic (exact) mass is 286 g/mol. The van der Waals surface area contributed by atoms with Crippen molar-refractivity contribution in [1.82, 2.24) is 5.43 Å². The van der Waals surface area contributed by atoms with E-state index in [1.54, 1.807) is 6.92 Å². The van der Waals surface area contributed by atoms with E-state index in [1.807, 2.05) is 5.43 Å². The molecule has 0 bridgehead atoms. The highest BCUT2D eigenvalue weighted by atomic mass is 35.5. The highest BCUT2D eigenvalue weighted by Gasteiger charge is 2.11. The van der Waals surface area contributed by atoms with Gasteiger partial charge in [-0.15, -0.1) is 0 Å². The number of rotatable bonds is 4. The summed E-state index contributed by atoms with van der Waals surface area (Å²) >= 11 is 5.64. The van der Waals surface area contributed by atoms with Crippen molar-refractivity contribution in [2.45, 2.75) is 6.92 Å². The van der Waals surface area contributed by atoms with E-state index in [2.05, 4.69) is 9.84 Å². The summed E-state index contributed by atoms with van der Waals surface area (Å²) in [5.41, 5.74) is 1.21. The summed E-state index contributed by atoms with van der Waals surface area (Å²) in [6, 6.07) is 2.15. The molecular formula is C10H9ClN3O5-. The van der Waals surface area contributed by atoms with E-state index in [4.69, 9.17) is 11.6 Å². The van der Waals surface area contributed by atoms with E-state index >= 15 is 0 Å². The Balaban J connectivity index is 2.92. The smallest absolute Gasteiger partial charge is 0.427 e. The van der Waals surface area contributed by atoms with Crippen molar-refractivity contribution >= 4 is 29.6 Å². The Kier molecular flexibility index (Phi) is 5.07. The predicted molar refractivity (Wildman–Crippen MR) is 65.3 cm³/mol. The number of nitrogens with one attached hydrogen (secondary N) is 1. The molecule has 1 rings (SSSR count). The van der Waals surface area contributed by atoms with Crippen molar-refractivity contribution in [2.75, 3.05) is 6.61 Å². The van der Waals surface area contributed by atoms with Gasteiger partial charge in [0.1, 0.15) is 0 Å². The average molecular weight is 287 g/mol. The zero-order chi connectivity index (χ0) is 14.4. The van der Waals surface area contributed by atoms with Crippen LogP contribution in [-0.2, 0) is 4.74 Å². The standard InChI is InChI=1S/C10H10ClN3O5/c1-2-19-10(16)13-12-5-6-3-7(11)4-8(9(6)15)14(17)18/h3-5,15H,2H2,1H3,(H,13,16)/p-1/b12-5-. The van der Waals surface area contributed by atoms with Crippen LogP contribution in [0.15, 0.2) is 17.2 Å². The molecule has 9 heteroatoms. The third kappa shape index (κ3) is 4.11. The third-order valence-corrected chi connectivity index (χ3v) is 2.11. The van der Waals surface area contributed by atoms with Crippen molar-refractivity contribution in [3.05, 3.63) is 32.8 Å². The number of hydrogen-bond acceptors (Lipinski definition) is 6. The zero-order valence-corrected chi connectivity index (χ0v) is 10.5. The minimum atomic E-state index is -0.844. The molecule has 102 valence electrons. The highest BCUT2D eigenvalue weighted by molar-refractivity contribution is 6.31. The number of nitro benzene ring substituents is 1. The molecule has 0 atom stereocenters. The Morgan fingerprint density at radius 3 is 2.89 bits per heavy atom. The van der Waals surface area contributed by atoms with Crippen LogP contribution >= 0.6 is 11.6 Å². The number of nitrogens with zero attached hydrogens (tertiary/aromatic N) is 2. The minimum Gasteiger partial charge on any atom is -0.867 e. The maximum Gasteiger partial charge on any atom is 0.427 e. The molecule has 0 aliphatic heterocycles. The average Bonchev–Trinajstić information content (AvgIpc) is 2.33. The number of hydrazone groups is 1. The SMILES string of the molecule is CCOC(=O)N/N=C\c1cc(Cl)cc([N+](=O)[O-])c1[O-]. The molecule has 8 nitrogen and oxygen atoms in total. The van der Waals surface area contributed by atoms with Crippen LogP contribution in [-0.4, -0.2) is 23.8 Å². The van der Waals surface area contributed by atoms with Crippen molar-refractivity contribution in [1.29, 1.82) is 0 Å². The maximum atomic E-state index is 11.6. The summed E-state index contributed by atoms with van der Waals surface area (Å²) in [5, 5.41) is 25.7. The van der Waals surface area contributed by atoms with Crippen molar-refractivity contribution in [3.8, 4) is 5.75 Å². The van der Waals surface area contributed by atoms with Gasteiger partial charge in [0.25, 0.3) is 5.69 Å². The minimum absolute atomic E-state index is 0.0175. The fourth-order valence-corrected chi connectivity index (χ4v) is 1.37. The summed E-state index contributed by atoms with van der Waals surface area (Å²) in [4.78, 5) is 20.7. The molecule has 1 aromatic rings. The van der Waals surface area contributed by atoms with Crippen molar-refractivity contribution in [3.63, 3.8) is 0 Å². The molecule has 1 N–H and O–H groups in total. The lowest BCUT2D eigenvalue weighted by atomic mass is 10.2. The number of carbonyl (C=O) groups is 1. The van der Waals surface area contributed by atoms with Gasteiger partial charge in [0.05, 0.1) is 17.7 Å². The number of amides is 1. The van der Waals surface area contributed by atoms with Crippen LogP contribution in [0.4, 0.5) is 10.5 Å². The number of halogens is 1. The van der Waals surface area contributed by atoms with Gasteiger partial charge in [0.15, 0.2) is 0 Å². The number of nitro groups is 1. The van der Waals surface area contributed by atoms with Gasteiger partial charge in [0, 0.05) is 11.1 Å². The first-order valence-electron chi connectivity index (χ1n) is 5.06. The van der Waals surface area contributed by atoms with E-state index in [0.717, 1.165) is 12.3 Å². The summed E-state index contributed by atoms with van der Waals surface area (Å²) in [6.07, 6.45) is 0.153. The lowest BCUT2D eigenvalue weighted by Gasteiger charge is -2.10. The van der Waals surface area contributed by atoms with Gasteiger partial charge in [-0.3, -0.25) is 10.1 Å². The van der Waals surface area contributed by atoms with Gasteiger partial charge in [-0.05, 0) is 24.3 Å². The predicted octanol–water partition coefficient (Wildman–Crippen LogP) is 1.40. The van der Waals surface area contributed by atoms with Crippen LogP contribution < -0.4 is 10.5 Å². The molecule has 0 saturated carbocycles. The second-order valence-corrected chi connectivity index (χ2v) is 3.63. The molecular weight excluding hydrogens is 278 g/mol. The maximum absolute atomic E-state index is 11.6. The summed E-state index contributed by atoms with van der Waals surface area (Å²) in [7, 11) is 0. The number of carbonyl (C=O) groups excluding carboxylic acids is 1. The van der Waals surface area contributed by atoms with Gasteiger partial charge < -0.3 is 9.84 Å². The molecule has 0 aromatic heterocycles. The van der Waals surface area contributed by atoms with Crippen LogP contribution in [0, 0.1) is 10.1 Å². The van der Waals surface area contributed by atoms with Crippen LogP contribution in [0.25, 0.3) is 0 Å². The zero-order valence-electron chi connectivity index (χ0n) is 9.75. The lowest BCUT2D eigenvalue weighted by molar-refractivity contribution is -0.398. The molecule has 0 aliphatic carbocycles. The molecule has 0 fully saturated rings. The Hall–Kier alpha value is -2.35. The molecule has 0 unspecified atom stereocenters. The Labute approximate surface area is 112 Å². The van der Waals surface area contributed by atoms with E-state index in [-0.39, 0.29) is 17.2 Å².